The third-order valence-corrected chi connectivity index (χ3v) is 2.22. The first kappa shape index (κ1) is 8.75. The first-order valence-electron chi connectivity index (χ1n) is 4.55. The molecule has 0 atom stereocenters. The van der Waals surface area contributed by atoms with Crippen LogP contribution in [-0.2, 0) is 6.42 Å². The Morgan fingerprint density at radius 2 is 1.93 bits per heavy atom. The normalized spacial score (nSPS) is 10.0. The number of nitrogens with one attached hydrogen (secondary N) is 1. The van der Waals surface area contributed by atoms with Crippen LogP contribution in [0.3, 0.4) is 0 Å². The van der Waals surface area contributed by atoms with Crippen LogP contribution in [0.1, 0.15) is 21.6 Å². The quantitative estimate of drug-likeness (QED) is 0.732. The maximum Gasteiger partial charge on any atom is 0.151 e. The fourth-order valence-corrected chi connectivity index (χ4v) is 1.48. The van der Waals surface area contributed by atoms with Crippen molar-refractivity contribution >= 4 is 6.29 Å². The molecular formula is C12H11NO. The van der Waals surface area contributed by atoms with Crippen LogP contribution in [0, 0.1) is 0 Å². The van der Waals surface area contributed by atoms with Crippen molar-refractivity contribution in [3.63, 3.8) is 0 Å². The van der Waals surface area contributed by atoms with Gasteiger partial charge in [0.2, 0.25) is 0 Å². The molecule has 0 aliphatic carbocycles. The predicted molar refractivity (Wildman–Crippen MR) is 55.4 cm³/mol. The number of benzene rings is 1. The Kier molecular flexibility index (Phi) is 2.45. The molecular weight excluding hydrogens is 174 g/mol. The van der Waals surface area contributed by atoms with Gasteiger partial charge in [0.15, 0.2) is 6.29 Å². The van der Waals surface area contributed by atoms with Crippen molar-refractivity contribution < 1.29 is 4.79 Å². The molecule has 0 saturated heterocycles. The molecule has 1 heterocycles. The zero-order valence-electron chi connectivity index (χ0n) is 7.73. The molecule has 0 amide bonds. The Balaban J connectivity index is 2.23. The highest BCUT2D eigenvalue weighted by molar-refractivity contribution is 5.76. The molecule has 2 heteroatoms. The largest absolute Gasteiger partial charge is 0.364 e. The molecule has 1 aromatic heterocycles. The van der Waals surface area contributed by atoms with Gasteiger partial charge in [0.05, 0.1) is 0 Å². The Morgan fingerprint density at radius 3 is 2.64 bits per heavy atom. The maximum atomic E-state index is 10.7. The van der Waals surface area contributed by atoms with Crippen molar-refractivity contribution in [1.29, 1.82) is 0 Å². The van der Waals surface area contributed by atoms with Crippen LogP contribution in [0.25, 0.3) is 0 Å². The summed E-state index contributed by atoms with van der Waals surface area (Å²) in [6.45, 7) is 0. The molecule has 2 rings (SSSR count). The number of aldehydes is 1. The predicted octanol–water partition coefficient (Wildman–Crippen LogP) is 2.42. The van der Waals surface area contributed by atoms with Gasteiger partial charge in [-0.15, -0.1) is 0 Å². The highest BCUT2D eigenvalue weighted by Gasteiger charge is 2.02. The van der Waals surface area contributed by atoms with Crippen molar-refractivity contribution in [2.75, 3.05) is 0 Å². The third kappa shape index (κ3) is 1.74. The van der Waals surface area contributed by atoms with E-state index in [2.05, 4.69) is 17.1 Å². The number of carbonyl (C=O) groups is 1. The fraction of sp³-hybridized carbons (Fsp3) is 0.0833. The van der Waals surface area contributed by atoms with Crippen LogP contribution < -0.4 is 0 Å². The zero-order chi connectivity index (χ0) is 9.80. The monoisotopic (exact) mass is 185 g/mol. The number of hydrogen-bond donors (Lipinski definition) is 1. The van der Waals surface area contributed by atoms with Crippen molar-refractivity contribution in [3.05, 3.63) is 59.4 Å². The van der Waals surface area contributed by atoms with Gasteiger partial charge < -0.3 is 4.98 Å². The lowest BCUT2D eigenvalue weighted by Crippen LogP contribution is -1.92. The van der Waals surface area contributed by atoms with E-state index in [1.165, 1.54) is 5.56 Å². The summed E-state index contributed by atoms with van der Waals surface area (Å²) in [4.78, 5) is 13.7. The van der Waals surface area contributed by atoms with Gasteiger partial charge in [-0.05, 0) is 11.6 Å². The van der Waals surface area contributed by atoms with E-state index in [0.717, 1.165) is 24.0 Å². The van der Waals surface area contributed by atoms with Crippen molar-refractivity contribution in [3.8, 4) is 0 Å². The van der Waals surface area contributed by atoms with Crippen LogP contribution in [0.5, 0.6) is 0 Å². The highest BCUT2D eigenvalue weighted by Crippen LogP contribution is 2.10. The summed E-state index contributed by atoms with van der Waals surface area (Å²) in [5.41, 5.74) is 2.93. The summed E-state index contributed by atoms with van der Waals surface area (Å²) in [6, 6.07) is 11.9. The molecule has 0 aliphatic heterocycles. The summed E-state index contributed by atoms with van der Waals surface area (Å²) in [5.74, 6) is 0. The summed E-state index contributed by atoms with van der Waals surface area (Å²) in [5, 5.41) is 0. The molecule has 0 bridgehead atoms. The standard InChI is InChI=1S/C12H11NO/c14-9-11-6-7-13-12(11)8-10-4-2-1-3-5-10/h1-7,9,13H,8H2. The molecule has 0 saturated carbocycles. The number of aromatic nitrogens is 1. The van der Waals surface area contributed by atoms with Crippen LogP contribution in [0.2, 0.25) is 0 Å². The lowest BCUT2D eigenvalue weighted by atomic mass is 10.1. The average molecular weight is 185 g/mol. The van der Waals surface area contributed by atoms with E-state index in [0.29, 0.717) is 0 Å². The minimum Gasteiger partial charge on any atom is -0.364 e. The van der Waals surface area contributed by atoms with Crippen molar-refractivity contribution in [2.24, 2.45) is 0 Å². The van der Waals surface area contributed by atoms with E-state index in [9.17, 15) is 4.79 Å². The van der Waals surface area contributed by atoms with Crippen LogP contribution in [0.4, 0.5) is 0 Å². The molecule has 1 N–H and O–H groups in total. The highest BCUT2D eigenvalue weighted by atomic mass is 16.1. The number of hydrogen-bond acceptors (Lipinski definition) is 1. The summed E-state index contributed by atoms with van der Waals surface area (Å²) in [6.07, 6.45) is 3.46. The smallest absolute Gasteiger partial charge is 0.151 e. The molecule has 2 aromatic rings. The number of carbonyl (C=O) groups excluding carboxylic acids is 1. The SMILES string of the molecule is O=Cc1cc[nH]c1Cc1ccccc1. The topological polar surface area (TPSA) is 32.9 Å². The molecule has 0 unspecified atom stereocenters. The molecule has 1 aromatic carbocycles. The Labute approximate surface area is 82.6 Å². The van der Waals surface area contributed by atoms with Gasteiger partial charge >= 0.3 is 0 Å². The Hall–Kier alpha value is -1.83. The summed E-state index contributed by atoms with van der Waals surface area (Å²) >= 11 is 0. The second-order valence-electron chi connectivity index (χ2n) is 3.19. The molecule has 0 spiro atoms. The third-order valence-electron chi connectivity index (χ3n) is 2.22. The summed E-state index contributed by atoms with van der Waals surface area (Å²) in [7, 11) is 0. The molecule has 0 fully saturated rings. The van der Waals surface area contributed by atoms with Crippen LogP contribution in [-0.4, -0.2) is 11.3 Å². The minimum atomic E-state index is 0.744. The molecule has 0 radical (unpaired) electrons. The van der Waals surface area contributed by atoms with Gasteiger partial charge in [0, 0.05) is 23.9 Å². The number of aromatic amines is 1. The zero-order valence-corrected chi connectivity index (χ0v) is 7.73. The lowest BCUT2D eigenvalue weighted by Gasteiger charge is -1.99. The second kappa shape index (κ2) is 3.92. The van der Waals surface area contributed by atoms with Crippen molar-refractivity contribution in [2.45, 2.75) is 6.42 Å². The van der Waals surface area contributed by atoms with E-state index in [-0.39, 0.29) is 0 Å². The van der Waals surface area contributed by atoms with E-state index >= 15 is 0 Å². The van der Waals surface area contributed by atoms with Gasteiger partial charge in [-0.2, -0.15) is 0 Å². The Bertz CT molecular complexity index is 417. The van der Waals surface area contributed by atoms with Crippen LogP contribution >= 0.6 is 0 Å². The van der Waals surface area contributed by atoms with E-state index in [4.69, 9.17) is 0 Å². The van der Waals surface area contributed by atoms with E-state index in [1.807, 2.05) is 18.2 Å². The first-order valence-corrected chi connectivity index (χ1v) is 4.55. The van der Waals surface area contributed by atoms with Crippen molar-refractivity contribution in [1.82, 2.24) is 4.98 Å². The first-order chi connectivity index (χ1) is 6.90. The number of rotatable bonds is 3. The summed E-state index contributed by atoms with van der Waals surface area (Å²) < 4.78 is 0. The minimum absolute atomic E-state index is 0.744. The van der Waals surface area contributed by atoms with Gasteiger partial charge in [0.1, 0.15) is 0 Å². The molecule has 70 valence electrons. The van der Waals surface area contributed by atoms with Gasteiger partial charge in [0.25, 0.3) is 0 Å². The lowest BCUT2D eigenvalue weighted by molar-refractivity contribution is 0.112. The molecule has 2 nitrogen and oxygen atoms in total. The second-order valence-corrected chi connectivity index (χ2v) is 3.19. The average Bonchev–Trinajstić information content (AvgIpc) is 2.67. The van der Waals surface area contributed by atoms with Gasteiger partial charge in [-0.3, -0.25) is 4.79 Å². The van der Waals surface area contributed by atoms with Gasteiger partial charge in [-0.1, -0.05) is 30.3 Å². The molecule has 14 heavy (non-hydrogen) atoms. The van der Waals surface area contributed by atoms with Gasteiger partial charge in [-0.25, -0.2) is 0 Å². The van der Waals surface area contributed by atoms with Crippen LogP contribution in [0.15, 0.2) is 42.6 Å². The Morgan fingerprint density at radius 1 is 1.14 bits per heavy atom. The maximum absolute atomic E-state index is 10.7. The molecule has 0 aliphatic rings. The van der Waals surface area contributed by atoms with E-state index in [1.54, 1.807) is 12.3 Å². The number of H-pyrrole nitrogens is 1. The fourth-order valence-electron chi connectivity index (χ4n) is 1.48. The van der Waals surface area contributed by atoms with E-state index < -0.39 is 0 Å².